The van der Waals surface area contributed by atoms with Crippen molar-refractivity contribution in [1.82, 2.24) is 4.90 Å². The van der Waals surface area contributed by atoms with Gasteiger partial charge < -0.3 is 10.7 Å². The monoisotopic (exact) mass is 183 g/mol. The van der Waals surface area contributed by atoms with Crippen molar-refractivity contribution in [2.45, 2.75) is 51.5 Å². The van der Waals surface area contributed by atoms with Gasteiger partial charge in [0, 0.05) is 19.5 Å². The van der Waals surface area contributed by atoms with Crippen molar-refractivity contribution in [1.29, 1.82) is 0 Å². The highest BCUT2D eigenvalue weighted by molar-refractivity contribution is 5.84. The summed E-state index contributed by atoms with van der Waals surface area (Å²) in [6.45, 7) is 2.24. The fraction of sp³-hybridized carbons (Fsp3) is 0.900. The molecule has 0 aromatic rings. The van der Waals surface area contributed by atoms with Gasteiger partial charge in [-0.1, -0.05) is 26.2 Å². The van der Waals surface area contributed by atoms with Crippen molar-refractivity contribution in [2.75, 3.05) is 7.05 Å². The number of nitrogens with zero attached hydrogens (tertiary/aromatic N) is 2. The van der Waals surface area contributed by atoms with Crippen LogP contribution in [0.1, 0.15) is 45.4 Å². The summed E-state index contributed by atoms with van der Waals surface area (Å²) in [6.07, 6.45) is 7.57. The van der Waals surface area contributed by atoms with Crippen molar-refractivity contribution in [3.8, 4) is 0 Å². The number of hydrazone groups is 1. The van der Waals surface area contributed by atoms with E-state index in [9.17, 15) is 0 Å². The zero-order valence-electron chi connectivity index (χ0n) is 8.79. The van der Waals surface area contributed by atoms with E-state index in [1.807, 2.05) is 0 Å². The lowest BCUT2D eigenvalue weighted by Gasteiger charge is -2.21. The summed E-state index contributed by atoms with van der Waals surface area (Å²) in [5.41, 5.74) is 0. The molecular formula is C10H21N3. The molecular weight excluding hydrogens is 162 g/mol. The van der Waals surface area contributed by atoms with Crippen LogP contribution in [0.15, 0.2) is 5.10 Å². The third-order valence-corrected chi connectivity index (χ3v) is 2.95. The van der Waals surface area contributed by atoms with Crippen LogP contribution in [0.4, 0.5) is 0 Å². The average molecular weight is 183 g/mol. The van der Waals surface area contributed by atoms with Gasteiger partial charge >= 0.3 is 0 Å². The van der Waals surface area contributed by atoms with Crippen LogP contribution in [-0.4, -0.2) is 23.8 Å². The van der Waals surface area contributed by atoms with Crippen LogP contribution < -0.4 is 5.84 Å². The van der Waals surface area contributed by atoms with Crippen LogP contribution in [0, 0.1) is 0 Å². The SMILES string of the molecule is CCCCCC1CCC(=NN)N1C. The van der Waals surface area contributed by atoms with Gasteiger partial charge in [-0.3, -0.25) is 0 Å². The summed E-state index contributed by atoms with van der Waals surface area (Å²) >= 11 is 0. The number of rotatable bonds is 4. The van der Waals surface area contributed by atoms with Crippen LogP contribution in [0.3, 0.4) is 0 Å². The second-order valence-electron chi connectivity index (χ2n) is 3.84. The summed E-state index contributed by atoms with van der Waals surface area (Å²) in [5, 5.41) is 3.79. The lowest BCUT2D eigenvalue weighted by molar-refractivity contribution is 0.360. The molecule has 1 atom stereocenters. The van der Waals surface area contributed by atoms with Gasteiger partial charge in [0.25, 0.3) is 0 Å². The van der Waals surface area contributed by atoms with Crippen molar-refractivity contribution >= 4 is 5.84 Å². The topological polar surface area (TPSA) is 41.6 Å². The highest BCUT2D eigenvalue weighted by Gasteiger charge is 2.24. The smallest absolute Gasteiger partial charge is 0.124 e. The standard InChI is InChI=1S/C10H21N3/c1-3-4-5-6-9-7-8-10(12-11)13(9)2/h9H,3-8,11H2,1-2H3. The van der Waals surface area contributed by atoms with Crippen LogP contribution in [0.5, 0.6) is 0 Å². The molecule has 3 heteroatoms. The molecule has 0 saturated carbocycles. The Hall–Kier alpha value is -0.730. The Bertz CT molecular complexity index is 177. The maximum atomic E-state index is 5.29. The Morgan fingerprint density at radius 2 is 2.31 bits per heavy atom. The molecule has 0 spiro atoms. The van der Waals surface area contributed by atoms with Gasteiger partial charge in [-0.05, 0) is 12.8 Å². The lowest BCUT2D eigenvalue weighted by Crippen LogP contribution is -2.29. The molecule has 3 nitrogen and oxygen atoms in total. The summed E-state index contributed by atoms with van der Waals surface area (Å²) in [5.74, 6) is 6.36. The molecule has 1 saturated heterocycles. The minimum Gasteiger partial charge on any atom is -0.359 e. The van der Waals surface area contributed by atoms with E-state index in [1.54, 1.807) is 0 Å². The first kappa shape index (κ1) is 10.4. The van der Waals surface area contributed by atoms with E-state index >= 15 is 0 Å². The van der Waals surface area contributed by atoms with Gasteiger partial charge in [0.15, 0.2) is 0 Å². The van der Waals surface area contributed by atoms with Gasteiger partial charge in [0.1, 0.15) is 5.84 Å². The molecule has 1 aliphatic heterocycles. The van der Waals surface area contributed by atoms with E-state index in [0.717, 1.165) is 12.3 Å². The van der Waals surface area contributed by atoms with E-state index in [0.29, 0.717) is 6.04 Å². The van der Waals surface area contributed by atoms with Crippen molar-refractivity contribution in [2.24, 2.45) is 10.9 Å². The molecule has 13 heavy (non-hydrogen) atoms. The molecule has 0 radical (unpaired) electrons. The van der Waals surface area contributed by atoms with Crippen LogP contribution >= 0.6 is 0 Å². The van der Waals surface area contributed by atoms with E-state index in [1.165, 1.54) is 32.1 Å². The zero-order valence-corrected chi connectivity index (χ0v) is 8.79. The van der Waals surface area contributed by atoms with Gasteiger partial charge in [-0.15, -0.1) is 0 Å². The first-order valence-corrected chi connectivity index (χ1v) is 5.29. The molecule has 2 N–H and O–H groups in total. The summed E-state index contributed by atoms with van der Waals surface area (Å²) in [7, 11) is 2.11. The summed E-state index contributed by atoms with van der Waals surface area (Å²) in [6, 6.07) is 0.689. The molecule has 0 aromatic heterocycles. The molecule has 76 valence electrons. The zero-order chi connectivity index (χ0) is 9.68. The van der Waals surface area contributed by atoms with Gasteiger partial charge in [-0.2, -0.15) is 5.10 Å². The largest absolute Gasteiger partial charge is 0.359 e. The third kappa shape index (κ3) is 2.61. The van der Waals surface area contributed by atoms with Crippen LogP contribution in [-0.2, 0) is 0 Å². The quantitative estimate of drug-likeness (QED) is 0.411. The molecule has 1 unspecified atom stereocenters. The molecule has 1 fully saturated rings. The molecule has 1 heterocycles. The number of hydrogen-bond donors (Lipinski definition) is 1. The second kappa shape index (κ2) is 5.10. The number of nitrogens with two attached hydrogens (primary N) is 1. The first-order chi connectivity index (χ1) is 6.29. The van der Waals surface area contributed by atoms with E-state index < -0.39 is 0 Å². The Kier molecular flexibility index (Phi) is 4.06. The molecule has 0 amide bonds. The highest BCUT2D eigenvalue weighted by atomic mass is 15.3. The Balaban J connectivity index is 2.28. The van der Waals surface area contributed by atoms with Gasteiger partial charge in [0.2, 0.25) is 0 Å². The predicted octanol–water partition coefficient (Wildman–Crippen LogP) is 1.93. The van der Waals surface area contributed by atoms with E-state index in [4.69, 9.17) is 5.84 Å². The Morgan fingerprint density at radius 3 is 2.85 bits per heavy atom. The molecule has 0 aromatic carbocycles. The summed E-state index contributed by atoms with van der Waals surface area (Å²) < 4.78 is 0. The van der Waals surface area contributed by atoms with E-state index in [-0.39, 0.29) is 0 Å². The maximum Gasteiger partial charge on any atom is 0.124 e. The number of likely N-dealkylation sites (tertiary alicyclic amines) is 1. The summed E-state index contributed by atoms with van der Waals surface area (Å²) in [4.78, 5) is 2.25. The minimum absolute atomic E-state index is 0.689. The first-order valence-electron chi connectivity index (χ1n) is 5.29. The molecule has 0 bridgehead atoms. The molecule has 1 aliphatic rings. The van der Waals surface area contributed by atoms with Crippen LogP contribution in [0.2, 0.25) is 0 Å². The number of amidine groups is 1. The molecule has 1 rings (SSSR count). The normalized spacial score (nSPS) is 25.8. The second-order valence-corrected chi connectivity index (χ2v) is 3.84. The Morgan fingerprint density at radius 1 is 1.54 bits per heavy atom. The number of unbranched alkanes of at least 4 members (excludes halogenated alkanes) is 2. The fourth-order valence-corrected chi connectivity index (χ4v) is 2.00. The molecule has 0 aliphatic carbocycles. The van der Waals surface area contributed by atoms with Crippen LogP contribution in [0.25, 0.3) is 0 Å². The lowest BCUT2D eigenvalue weighted by atomic mass is 10.1. The van der Waals surface area contributed by atoms with Gasteiger partial charge in [-0.25, -0.2) is 0 Å². The van der Waals surface area contributed by atoms with Gasteiger partial charge in [0.05, 0.1) is 0 Å². The van der Waals surface area contributed by atoms with Crippen molar-refractivity contribution < 1.29 is 0 Å². The Labute approximate surface area is 81.0 Å². The minimum atomic E-state index is 0.689. The number of hydrogen-bond acceptors (Lipinski definition) is 2. The maximum absolute atomic E-state index is 5.29. The third-order valence-electron chi connectivity index (χ3n) is 2.95. The predicted molar refractivity (Wildman–Crippen MR) is 56.5 cm³/mol. The fourth-order valence-electron chi connectivity index (χ4n) is 2.00. The van der Waals surface area contributed by atoms with Crippen molar-refractivity contribution in [3.63, 3.8) is 0 Å². The highest BCUT2D eigenvalue weighted by Crippen LogP contribution is 2.22. The van der Waals surface area contributed by atoms with E-state index in [2.05, 4.69) is 24.0 Å². The average Bonchev–Trinajstić information content (AvgIpc) is 2.48. The van der Waals surface area contributed by atoms with Crippen molar-refractivity contribution in [3.05, 3.63) is 0 Å².